The van der Waals surface area contributed by atoms with Crippen molar-refractivity contribution in [3.05, 3.63) is 29.8 Å². The van der Waals surface area contributed by atoms with Crippen molar-refractivity contribution in [2.75, 3.05) is 13.2 Å². The van der Waals surface area contributed by atoms with Crippen molar-refractivity contribution in [2.24, 2.45) is 0 Å². The molecule has 0 spiro atoms. The molecular weight excluding hydrogens is 228 g/mol. The highest BCUT2D eigenvalue weighted by atomic mass is 32.2. The number of aryl methyl sites for hydroxylation is 1. The molecule has 0 aliphatic heterocycles. The van der Waals surface area contributed by atoms with Gasteiger partial charge in [0.15, 0.2) is 0 Å². The summed E-state index contributed by atoms with van der Waals surface area (Å²) in [6.45, 7) is 3.36. The van der Waals surface area contributed by atoms with Gasteiger partial charge in [0.1, 0.15) is 0 Å². The fourth-order valence-electron chi connectivity index (χ4n) is 1.35. The maximum Gasteiger partial charge on any atom is 0.294 e. The molecule has 0 aliphatic rings. The number of hydrogen-bond donors (Lipinski definition) is 1. The van der Waals surface area contributed by atoms with E-state index in [-0.39, 0.29) is 4.90 Å². The number of ether oxygens (including phenoxy) is 1. The van der Waals surface area contributed by atoms with Gasteiger partial charge in [-0.05, 0) is 37.5 Å². The minimum absolute atomic E-state index is 0.0685. The van der Waals surface area contributed by atoms with Gasteiger partial charge in [-0.1, -0.05) is 12.1 Å². The second-order valence-electron chi connectivity index (χ2n) is 3.42. The van der Waals surface area contributed by atoms with E-state index in [1.54, 1.807) is 12.1 Å². The van der Waals surface area contributed by atoms with E-state index < -0.39 is 10.1 Å². The lowest BCUT2D eigenvalue weighted by Crippen LogP contribution is -1.99. The van der Waals surface area contributed by atoms with Crippen LogP contribution in [0.4, 0.5) is 0 Å². The molecule has 0 heterocycles. The second-order valence-corrected chi connectivity index (χ2v) is 4.84. The van der Waals surface area contributed by atoms with E-state index in [0.717, 1.165) is 18.4 Å². The third-order valence-corrected chi connectivity index (χ3v) is 3.05. The molecule has 0 radical (unpaired) electrons. The maximum atomic E-state index is 10.8. The minimum atomic E-state index is -4.07. The third kappa shape index (κ3) is 4.30. The van der Waals surface area contributed by atoms with Crippen LogP contribution in [0.25, 0.3) is 0 Å². The molecule has 0 saturated carbocycles. The smallest absolute Gasteiger partial charge is 0.294 e. The lowest BCUT2D eigenvalue weighted by Gasteiger charge is -2.03. The van der Waals surface area contributed by atoms with E-state index in [1.165, 1.54) is 12.1 Å². The van der Waals surface area contributed by atoms with Crippen LogP contribution in [0.2, 0.25) is 0 Å². The summed E-state index contributed by atoms with van der Waals surface area (Å²) in [5.74, 6) is 0. The van der Waals surface area contributed by atoms with Gasteiger partial charge in [-0.15, -0.1) is 0 Å². The van der Waals surface area contributed by atoms with Gasteiger partial charge >= 0.3 is 0 Å². The zero-order valence-corrected chi connectivity index (χ0v) is 10.0. The van der Waals surface area contributed by atoms with Crippen molar-refractivity contribution in [2.45, 2.75) is 24.7 Å². The molecule has 16 heavy (non-hydrogen) atoms. The maximum absolute atomic E-state index is 10.8. The first-order valence-corrected chi connectivity index (χ1v) is 6.62. The molecule has 4 nitrogen and oxygen atoms in total. The molecule has 0 aliphatic carbocycles. The van der Waals surface area contributed by atoms with Gasteiger partial charge in [0, 0.05) is 13.2 Å². The Morgan fingerprint density at radius 2 is 1.88 bits per heavy atom. The van der Waals surface area contributed by atoms with E-state index >= 15 is 0 Å². The lowest BCUT2D eigenvalue weighted by atomic mass is 10.1. The van der Waals surface area contributed by atoms with Crippen LogP contribution < -0.4 is 0 Å². The van der Waals surface area contributed by atoms with Crippen LogP contribution in [0, 0.1) is 0 Å². The van der Waals surface area contributed by atoms with Crippen LogP contribution in [-0.4, -0.2) is 26.2 Å². The Labute approximate surface area is 96.0 Å². The molecule has 0 bridgehead atoms. The quantitative estimate of drug-likeness (QED) is 0.613. The summed E-state index contributed by atoms with van der Waals surface area (Å²) in [5, 5.41) is 0. The van der Waals surface area contributed by atoms with Gasteiger partial charge in [-0.2, -0.15) is 8.42 Å². The van der Waals surface area contributed by atoms with Crippen LogP contribution >= 0.6 is 0 Å². The molecule has 1 N–H and O–H groups in total. The number of benzene rings is 1. The van der Waals surface area contributed by atoms with E-state index in [4.69, 9.17) is 9.29 Å². The standard InChI is InChI=1S/C11H16O4S/c1-2-15-9-3-4-10-5-7-11(8-6-10)16(12,13)14/h5-8H,2-4,9H2,1H3,(H,12,13,14). The fourth-order valence-corrected chi connectivity index (χ4v) is 1.83. The Kier molecular flexibility index (Phi) is 4.92. The van der Waals surface area contributed by atoms with Gasteiger partial charge in [-0.3, -0.25) is 4.55 Å². The highest BCUT2D eigenvalue weighted by Gasteiger charge is 2.07. The highest BCUT2D eigenvalue weighted by Crippen LogP contribution is 2.11. The Morgan fingerprint density at radius 1 is 1.25 bits per heavy atom. The van der Waals surface area contributed by atoms with Crippen molar-refractivity contribution in [3.63, 3.8) is 0 Å². The minimum Gasteiger partial charge on any atom is -0.382 e. The Balaban J connectivity index is 2.52. The monoisotopic (exact) mass is 244 g/mol. The fraction of sp³-hybridized carbons (Fsp3) is 0.455. The van der Waals surface area contributed by atoms with E-state index in [9.17, 15) is 8.42 Å². The molecule has 0 aromatic heterocycles. The molecule has 0 atom stereocenters. The summed E-state index contributed by atoms with van der Waals surface area (Å²) in [7, 11) is -4.07. The normalized spacial score (nSPS) is 11.6. The molecule has 0 fully saturated rings. The average Bonchev–Trinajstić information content (AvgIpc) is 2.24. The lowest BCUT2D eigenvalue weighted by molar-refractivity contribution is 0.145. The summed E-state index contributed by atoms with van der Waals surface area (Å²) in [4.78, 5) is -0.0685. The predicted octanol–water partition coefficient (Wildman–Crippen LogP) is 1.90. The van der Waals surface area contributed by atoms with Crippen LogP contribution in [0.15, 0.2) is 29.2 Å². The van der Waals surface area contributed by atoms with Crippen molar-refractivity contribution < 1.29 is 17.7 Å². The molecular formula is C11H16O4S. The second kappa shape index (κ2) is 5.98. The van der Waals surface area contributed by atoms with Gasteiger partial charge in [0.25, 0.3) is 10.1 Å². The van der Waals surface area contributed by atoms with E-state index in [0.29, 0.717) is 13.2 Å². The predicted molar refractivity (Wildman–Crippen MR) is 61.1 cm³/mol. The summed E-state index contributed by atoms with van der Waals surface area (Å²) in [6, 6.07) is 6.22. The first-order valence-electron chi connectivity index (χ1n) is 5.18. The Hall–Kier alpha value is -0.910. The summed E-state index contributed by atoms with van der Waals surface area (Å²) in [5.41, 5.74) is 1.03. The summed E-state index contributed by atoms with van der Waals surface area (Å²) in [6.07, 6.45) is 1.74. The van der Waals surface area contributed by atoms with E-state index in [2.05, 4.69) is 0 Å². The van der Waals surface area contributed by atoms with Crippen LogP contribution in [-0.2, 0) is 21.3 Å². The van der Waals surface area contributed by atoms with Crippen molar-refractivity contribution in [1.82, 2.24) is 0 Å². The van der Waals surface area contributed by atoms with E-state index in [1.807, 2.05) is 6.92 Å². The first-order chi connectivity index (χ1) is 7.54. The number of hydrogen-bond acceptors (Lipinski definition) is 3. The van der Waals surface area contributed by atoms with Gasteiger partial charge in [0.05, 0.1) is 4.90 Å². The largest absolute Gasteiger partial charge is 0.382 e. The zero-order chi connectivity index (χ0) is 12.0. The Morgan fingerprint density at radius 3 is 2.38 bits per heavy atom. The van der Waals surface area contributed by atoms with Crippen LogP contribution in [0.1, 0.15) is 18.9 Å². The SMILES string of the molecule is CCOCCCc1ccc(S(=O)(=O)O)cc1. The Bertz CT molecular complexity index is 408. The van der Waals surface area contributed by atoms with Gasteiger partial charge in [-0.25, -0.2) is 0 Å². The molecule has 0 amide bonds. The zero-order valence-electron chi connectivity index (χ0n) is 9.22. The number of rotatable bonds is 6. The summed E-state index contributed by atoms with van der Waals surface area (Å²) >= 11 is 0. The van der Waals surface area contributed by atoms with Crippen LogP contribution in [0.3, 0.4) is 0 Å². The van der Waals surface area contributed by atoms with Gasteiger partial charge in [0.2, 0.25) is 0 Å². The first kappa shape index (κ1) is 13.2. The molecule has 1 aromatic rings. The highest BCUT2D eigenvalue weighted by molar-refractivity contribution is 7.85. The molecule has 0 unspecified atom stereocenters. The van der Waals surface area contributed by atoms with Crippen molar-refractivity contribution >= 4 is 10.1 Å². The molecule has 0 saturated heterocycles. The molecule has 90 valence electrons. The molecule has 5 heteroatoms. The van der Waals surface area contributed by atoms with Crippen LogP contribution in [0.5, 0.6) is 0 Å². The third-order valence-electron chi connectivity index (χ3n) is 2.18. The average molecular weight is 244 g/mol. The topological polar surface area (TPSA) is 63.6 Å². The molecule has 1 aromatic carbocycles. The van der Waals surface area contributed by atoms with Gasteiger partial charge < -0.3 is 4.74 Å². The molecule has 1 rings (SSSR count). The summed E-state index contributed by atoms with van der Waals surface area (Å²) < 4.78 is 35.5. The van der Waals surface area contributed by atoms with Crippen molar-refractivity contribution in [3.8, 4) is 0 Å². The van der Waals surface area contributed by atoms with Crippen molar-refractivity contribution in [1.29, 1.82) is 0 Å².